The number of nitrogen functional groups attached to an aromatic ring is 1. The maximum Gasteiger partial charge on any atom is 0.0455 e. The van der Waals surface area contributed by atoms with Gasteiger partial charge in [-0.3, -0.25) is 0 Å². The first-order valence-electron chi connectivity index (χ1n) is 5.95. The van der Waals surface area contributed by atoms with Crippen molar-refractivity contribution in [3.05, 3.63) is 65.1 Å². The van der Waals surface area contributed by atoms with E-state index in [9.17, 15) is 0 Å². The third-order valence-corrected chi connectivity index (χ3v) is 4.72. The van der Waals surface area contributed by atoms with Gasteiger partial charge in [0.2, 0.25) is 0 Å². The van der Waals surface area contributed by atoms with Crippen molar-refractivity contribution < 1.29 is 0 Å². The van der Waals surface area contributed by atoms with Gasteiger partial charge in [-0.25, -0.2) is 0 Å². The van der Waals surface area contributed by atoms with E-state index in [0.29, 0.717) is 0 Å². The molecule has 0 spiro atoms. The summed E-state index contributed by atoms with van der Waals surface area (Å²) < 4.78 is 1.12. The van der Waals surface area contributed by atoms with E-state index in [4.69, 9.17) is 5.73 Å². The molecule has 0 saturated carbocycles. The smallest absolute Gasteiger partial charge is 0.0455 e. The lowest BCUT2D eigenvalue weighted by molar-refractivity contribution is 1.42. The molecule has 0 atom stereocenters. The molecule has 0 aromatic heterocycles. The van der Waals surface area contributed by atoms with Crippen molar-refractivity contribution in [2.45, 2.75) is 9.79 Å². The molecule has 0 saturated heterocycles. The van der Waals surface area contributed by atoms with Crippen LogP contribution in [0.5, 0.6) is 0 Å². The molecule has 0 bridgehead atoms. The highest BCUT2D eigenvalue weighted by atomic mass is 79.9. The molecule has 0 amide bonds. The van der Waals surface area contributed by atoms with Crippen LogP contribution in [0.4, 0.5) is 5.69 Å². The van der Waals surface area contributed by atoms with Crippen LogP contribution in [-0.4, -0.2) is 0 Å². The standard InChI is InChI=1S/C16H12BrNS/c17-14-5-3-4-11-8-9-12(10-13(11)14)19-16-7-2-1-6-15(16)18/h1-10H,18H2. The van der Waals surface area contributed by atoms with Crippen molar-refractivity contribution in [2.24, 2.45) is 0 Å². The fraction of sp³-hybridized carbons (Fsp3) is 0. The highest BCUT2D eigenvalue weighted by molar-refractivity contribution is 9.10. The maximum absolute atomic E-state index is 5.98. The van der Waals surface area contributed by atoms with E-state index >= 15 is 0 Å². The summed E-state index contributed by atoms with van der Waals surface area (Å²) in [4.78, 5) is 2.28. The van der Waals surface area contributed by atoms with E-state index < -0.39 is 0 Å². The fourth-order valence-corrected chi connectivity index (χ4v) is 3.37. The van der Waals surface area contributed by atoms with Gasteiger partial charge in [0, 0.05) is 20.0 Å². The topological polar surface area (TPSA) is 26.0 Å². The number of anilines is 1. The number of para-hydroxylation sites is 1. The van der Waals surface area contributed by atoms with E-state index in [0.717, 1.165) is 15.1 Å². The molecule has 0 heterocycles. The maximum atomic E-state index is 5.98. The monoisotopic (exact) mass is 329 g/mol. The van der Waals surface area contributed by atoms with E-state index in [-0.39, 0.29) is 0 Å². The number of fused-ring (bicyclic) bond motifs is 1. The van der Waals surface area contributed by atoms with Gasteiger partial charge in [0.15, 0.2) is 0 Å². The number of rotatable bonds is 2. The summed E-state index contributed by atoms with van der Waals surface area (Å²) in [6.45, 7) is 0. The molecule has 3 heteroatoms. The third-order valence-electron chi connectivity index (χ3n) is 2.95. The Balaban J connectivity index is 2.02. The van der Waals surface area contributed by atoms with Crippen LogP contribution in [-0.2, 0) is 0 Å². The van der Waals surface area contributed by atoms with Crippen LogP contribution in [0.15, 0.2) is 74.9 Å². The fourth-order valence-electron chi connectivity index (χ4n) is 1.98. The zero-order valence-electron chi connectivity index (χ0n) is 10.1. The Labute approximate surface area is 125 Å². The van der Waals surface area contributed by atoms with Gasteiger partial charge in [-0.1, -0.05) is 58.0 Å². The number of benzene rings is 3. The Hall–Kier alpha value is -1.45. The third kappa shape index (κ3) is 2.62. The zero-order valence-corrected chi connectivity index (χ0v) is 12.5. The van der Waals surface area contributed by atoms with Crippen LogP contribution in [0.2, 0.25) is 0 Å². The quantitative estimate of drug-likeness (QED) is 0.642. The van der Waals surface area contributed by atoms with E-state index in [1.807, 2.05) is 24.3 Å². The van der Waals surface area contributed by atoms with Crippen molar-refractivity contribution in [1.29, 1.82) is 0 Å². The van der Waals surface area contributed by atoms with Gasteiger partial charge >= 0.3 is 0 Å². The Morgan fingerprint density at radius 3 is 2.58 bits per heavy atom. The summed E-state index contributed by atoms with van der Waals surface area (Å²) in [6, 6.07) is 20.6. The summed E-state index contributed by atoms with van der Waals surface area (Å²) in [5, 5.41) is 2.46. The Morgan fingerprint density at radius 1 is 0.895 bits per heavy atom. The number of nitrogens with two attached hydrogens (primary N) is 1. The SMILES string of the molecule is Nc1ccccc1Sc1ccc2cccc(Br)c2c1. The molecule has 3 rings (SSSR count). The summed E-state index contributed by atoms with van der Waals surface area (Å²) in [6.07, 6.45) is 0. The lowest BCUT2D eigenvalue weighted by atomic mass is 10.1. The lowest BCUT2D eigenvalue weighted by Crippen LogP contribution is -1.87. The molecule has 0 aliphatic rings. The molecule has 0 unspecified atom stereocenters. The molecule has 3 aromatic carbocycles. The van der Waals surface area contributed by atoms with Crippen LogP contribution < -0.4 is 5.73 Å². The molecule has 94 valence electrons. The first-order valence-corrected chi connectivity index (χ1v) is 7.55. The van der Waals surface area contributed by atoms with E-state index in [1.165, 1.54) is 15.7 Å². The second-order valence-electron chi connectivity index (χ2n) is 4.26. The molecular weight excluding hydrogens is 318 g/mol. The minimum atomic E-state index is 0.819. The van der Waals surface area contributed by atoms with Crippen molar-refractivity contribution in [3.8, 4) is 0 Å². The summed E-state index contributed by atoms with van der Waals surface area (Å²) >= 11 is 5.29. The Morgan fingerprint density at radius 2 is 1.74 bits per heavy atom. The first-order chi connectivity index (χ1) is 9.24. The molecule has 0 radical (unpaired) electrons. The number of hydrogen-bond acceptors (Lipinski definition) is 2. The highest BCUT2D eigenvalue weighted by Crippen LogP contribution is 2.35. The summed E-state index contributed by atoms with van der Waals surface area (Å²) in [7, 11) is 0. The van der Waals surface area contributed by atoms with Crippen LogP contribution in [0.25, 0.3) is 10.8 Å². The minimum absolute atomic E-state index is 0.819. The second-order valence-corrected chi connectivity index (χ2v) is 6.23. The van der Waals surface area contributed by atoms with E-state index in [1.54, 1.807) is 11.8 Å². The van der Waals surface area contributed by atoms with Crippen LogP contribution >= 0.6 is 27.7 Å². The predicted octanol–water partition coefficient (Wildman–Crippen LogP) is 5.34. The molecular formula is C16H12BrNS. The summed E-state index contributed by atoms with van der Waals surface area (Å²) in [5.74, 6) is 0. The molecule has 0 aliphatic heterocycles. The van der Waals surface area contributed by atoms with Gasteiger partial charge in [0.1, 0.15) is 0 Å². The Kier molecular flexibility index (Phi) is 3.49. The average Bonchev–Trinajstić information content (AvgIpc) is 2.42. The van der Waals surface area contributed by atoms with Crippen LogP contribution in [0, 0.1) is 0 Å². The van der Waals surface area contributed by atoms with Crippen LogP contribution in [0.3, 0.4) is 0 Å². The van der Waals surface area contributed by atoms with Gasteiger partial charge in [0.05, 0.1) is 0 Å². The van der Waals surface area contributed by atoms with Gasteiger partial charge in [-0.15, -0.1) is 0 Å². The predicted molar refractivity (Wildman–Crippen MR) is 86.6 cm³/mol. The van der Waals surface area contributed by atoms with Gasteiger partial charge in [-0.05, 0) is 41.1 Å². The lowest BCUT2D eigenvalue weighted by Gasteiger charge is -2.07. The number of halogens is 1. The van der Waals surface area contributed by atoms with Gasteiger partial charge in [0.25, 0.3) is 0 Å². The first kappa shape index (κ1) is 12.6. The largest absolute Gasteiger partial charge is 0.398 e. The minimum Gasteiger partial charge on any atom is -0.398 e. The number of hydrogen-bond donors (Lipinski definition) is 1. The Bertz CT molecular complexity index is 740. The van der Waals surface area contributed by atoms with Crippen LogP contribution in [0.1, 0.15) is 0 Å². The van der Waals surface area contributed by atoms with Crippen molar-refractivity contribution in [2.75, 3.05) is 5.73 Å². The summed E-state index contributed by atoms with van der Waals surface area (Å²) in [5.41, 5.74) is 6.80. The molecule has 1 nitrogen and oxygen atoms in total. The van der Waals surface area contributed by atoms with Crippen molar-refractivity contribution in [1.82, 2.24) is 0 Å². The zero-order chi connectivity index (χ0) is 13.2. The van der Waals surface area contributed by atoms with Gasteiger partial charge in [-0.2, -0.15) is 0 Å². The van der Waals surface area contributed by atoms with Gasteiger partial charge < -0.3 is 5.73 Å². The van der Waals surface area contributed by atoms with E-state index in [2.05, 4.69) is 52.3 Å². The highest BCUT2D eigenvalue weighted by Gasteiger charge is 2.04. The molecule has 0 fully saturated rings. The van der Waals surface area contributed by atoms with Crippen molar-refractivity contribution in [3.63, 3.8) is 0 Å². The average molecular weight is 330 g/mol. The second kappa shape index (κ2) is 5.27. The molecule has 19 heavy (non-hydrogen) atoms. The normalized spacial score (nSPS) is 10.8. The molecule has 0 aliphatic carbocycles. The molecule has 2 N–H and O–H groups in total. The molecule has 3 aromatic rings. The van der Waals surface area contributed by atoms with Crippen molar-refractivity contribution >= 4 is 44.2 Å².